The largest absolute Gasteiger partial charge is 0.314 e. The molecule has 0 aromatic heterocycles. The molecular weight excluding hydrogens is 227 g/mol. The predicted molar refractivity (Wildman–Crippen MR) is 64.2 cm³/mol. The molecule has 1 heterocycles. The van der Waals surface area contributed by atoms with Gasteiger partial charge in [0.25, 0.3) is 0 Å². The summed E-state index contributed by atoms with van der Waals surface area (Å²) in [5.74, 6) is -0.283. The summed E-state index contributed by atoms with van der Waals surface area (Å²) in [6.07, 6.45) is 0. The molecule has 0 bridgehead atoms. The summed E-state index contributed by atoms with van der Waals surface area (Å²) in [4.78, 5) is 2.27. The Morgan fingerprint density at radius 3 is 3.12 bits per heavy atom. The Hall–Kier alpha value is -0.640. The van der Waals surface area contributed by atoms with Crippen LogP contribution in [0.15, 0.2) is 18.2 Å². The second kappa shape index (κ2) is 5.13. The maximum Gasteiger partial charge on any atom is 0.146 e. The van der Waals surface area contributed by atoms with Gasteiger partial charge in [-0.05, 0) is 13.0 Å². The molecule has 0 amide bonds. The molecule has 2 nitrogen and oxygen atoms in total. The van der Waals surface area contributed by atoms with Crippen molar-refractivity contribution in [3.63, 3.8) is 0 Å². The fourth-order valence-corrected chi connectivity index (χ4v) is 2.20. The lowest BCUT2D eigenvalue weighted by atomic mass is 10.1. The normalized spacial score (nSPS) is 22.3. The third-order valence-corrected chi connectivity index (χ3v) is 3.34. The molecular formula is C12H16ClFN2. The quantitative estimate of drug-likeness (QED) is 0.856. The molecule has 16 heavy (non-hydrogen) atoms. The predicted octanol–water partition coefficient (Wildman–Crippen LogP) is 2.27. The SMILES string of the molecule is C[C@H]1CNCCN1Cc1cccc(Cl)c1F. The minimum atomic E-state index is -0.283. The molecule has 1 fully saturated rings. The number of hydrogen-bond donors (Lipinski definition) is 1. The molecule has 0 radical (unpaired) electrons. The Balaban J connectivity index is 2.10. The Morgan fingerprint density at radius 1 is 1.56 bits per heavy atom. The zero-order chi connectivity index (χ0) is 11.5. The van der Waals surface area contributed by atoms with Gasteiger partial charge in [-0.2, -0.15) is 0 Å². The first-order valence-corrected chi connectivity index (χ1v) is 5.94. The summed E-state index contributed by atoms with van der Waals surface area (Å²) in [7, 11) is 0. The molecule has 0 spiro atoms. The Bertz CT molecular complexity index is 370. The van der Waals surface area contributed by atoms with Gasteiger partial charge < -0.3 is 5.32 Å². The van der Waals surface area contributed by atoms with Crippen molar-refractivity contribution in [2.75, 3.05) is 19.6 Å². The van der Waals surface area contributed by atoms with E-state index in [0.29, 0.717) is 18.2 Å². The number of nitrogens with zero attached hydrogens (tertiary/aromatic N) is 1. The molecule has 1 N–H and O–H groups in total. The highest BCUT2D eigenvalue weighted by Gasteiger charge is 2.19. The number of benzene rings is 1. The van der Waals surface area contributed by atoms with Gasteiger partial charge in [0, 0.05) is 37.8 Å². The van der Waals surface area contributed by atoms with Gasteiger partial charge in [0.1, 0.15) is 5.82 Å². The number of piperazine rings is 1. The standard InChI is InChI=1S/C12H16ClFN2/c1-9-7-15-5-6-16(9)8-10-3-2-4-11(13)12(10)14/h2-4,9,15H,5-8H2,1H3/t9-/m0/s1. The molecule has 1 aliphatic heterocycles. The Kier molecular flexibility index (Phi) is 3.79. The Morgan fingerprint density at radius 2 is 2.38 bits per heavy atom. The van der Waals surface area contributed by atoms with Crippen LogP contribution in [-0.2, 0) is 6.54 Å². The van der Waals surface area contributed by atoms with E-state index < -0.39 is 0 Å². The van der Waals surface area contributed by atoms with Crippen LogP contribution < -0.4 is 5.32 Å². The molecule has 4 heteroatoms. The highest BCUT2D eigenvalue weighted by molar-refractivity contribution is 6.30. The molecule has 1 atom stereocenters. The van der Waals surface area contributed by atoms with Crippen LogP contribution in [0.25, 0.3) is 0 Å². The van der Waals surface area contributed by atoms with Crippen molar-refractivity contribution in [1.29, 1.82) is 0 Å². The van der Waals surface area contributed by atoms with Gasteiger partial charge in [0.2, 0.25) is 0 Å². The van der Waals surface area contributed by atoms with Crippen molar-refractivity contribution < 1.29 is 4.39 Å². The van der Waals surface area contributed by atoms with E-state index >= 15 is 0 Å². The van der Waals surface area contributed by atoms with E-state index in [1.807, 2.05) is 0 Å². The number of hydrogen-bond acceptors (Lipinski definition) is 2. The average molecular weight is 243 g/mol. The summed E-state index contributed by atoms with van der Waals surface area (Å²) in [6.45, 7) is 5.66. The van der Waals surface area contributed by atoms with Crippen molar-refractivity contribution >= 4 is 11.6 Å². The maximum atomic E-state index is 13.7. The summed E-state index contributed by atoms with van der Waals surface area (Å²) < 4.78 is 13.7. The van der Waals surface area contributed by atoms with Crippen molar-refractivity contribution in [3.05, 3.63) is 34.6 Å². The fourth-order valence-electron chi connectivity index (χ4n) is 2.01. The lowest BCUT2D eigenvalue weighted by Gasteiger charge is -2.33. The van der Waals surface area contributed by atoms with E-state index in [0.717, 1.165) is 19.6 Å². The highest BCUT2D eigenvalue weighted by Crippen LogP contribution is 2.20. The zero-order valence-electron chi connectivity index (χ0n) is 9.34. The summed E-state index contributed by atoms with van der Waals surface area (Å²) in [6, 6.07) is 5.62. The van der Waals surface area contributed by atoms with E-state index in [1.54, 1.807) is 18.2 Å². The first-order valence-electron chi connectivity index (χ1n) is 5.56. The molecule has 1 aliphatic rings. The van der Waals surface area contributed by atoms with Crippen LogP contribution in [0.2, 0.25) is 5.02 Å². The molecule has 88 valence electrons. The average Bonchev–Trinajstić information content (AvgIpc) is 2.28. The van der Waals surface area contributed by atoms with Crippen LogP contribution in [0.4, 0.5) is 4.39 Å². The molecule has 1 aromatic carbocycles. The van der Waals surface area contributed by atoms with Crippen LogP contribution in [0, 0.1) is 5.82 Å². The van der Waals surface area contributed by atoms with Crippen molar-refractivity contribution in [2.45, 2.75) is 19.5 Å². The topological polar surface area (TPSA) is 15.3 Å². The number of rotatable bonds is 2. The van der Waals surface area contributed by atoms with E-state index in [-0.39, 0.29) is 10.8 Å². The van der Waals surface area contributed by atoms with Gasteiger partial charge in [-0.25, -0.2) is 4.39 Å². The van der Waals surface area contributed by atoms with Gasteiger partial charge in [-0.3, -0.25) is 4.90 Å². The second-order valence-electron chi connectivity index (χ2n) is 4.24. The third kappa shape index (κ3) is 2.54. The van der Waals surface area contributed by atoms with Crippen LogP contribution in [0.3, 0.4) is 0 Å². The van der Waals surface area contributed by atoms with Crippen LogP contribution in [0.1, 0.15) is 12.5 Å². The van der Waals surface area contributed by atoms with Gasteiger partial charge in [0.05, 0.1) is 5.02 Å². The molecule has 2 rings (SSSR count). The maximum absolute atomic E-state index is 13.7. The lowest BCUT2D eigenvalue weighted by Crippen LogP contribution is -2.49. The molecule has 1 aromatic rings. The van der Waals surface area contributed by atoms with Crippen molar-refractivity contribution in [1.82, 2.24) is 10.2 Å². The minimum Gasteiger partial charge on any atom is -0.314 e. The van der Waals surface area contributed by atoms with Gasteiger partial charge in [-0.15, -0.1) is 0 Å². The lowest BCUT2D eigenvalue weighted by molar-refractivity contribution is 0.164. The van der Waals surface area contributed by atoms with Gasteiger partial charge in [-0.1, -0.05) is 23.7 Å². The second-order valence-corrected chi connectivity index (χ2v) is 4.64. The van der Waals surface area contributed by atoms with Crippen molar-refractivity contribution in [2.24, 2.45) is 0 Å². The first-order chi connectivity index (χ1) is 7.68. The van der Waals surface area contributed by atoms with Crippen LogP contribution in [-0.4, -0.2) is 30.6 Å². The van der Waals surface area contributed by atoms with E-state index in [4.69, 9.17) is 11.6 Å². The van der Waals surface area contributed by atoms with E-state index in [9.17, 15) is 4.39 Å². The smallest absolute Gasteiger partial charge is 0.146 e. The molecule has 1 saturated heterocycles. The third-order valence-electron chi connectivity index (χ3n) is 3.04. The zero-order valence-corrected chi connectivity index (χ0v) is 10.1. The molecule has 0 saturated carbocycles. The first kappa shape index (κ1) is 11.8. The van der Waals surface area contributed by atoms with E-state index in [2.05, 4.69) is 17.1 Å². The van der Waals surface area contributed by atoms with Gasteiger partial charge >= 0.3 is 0 Å². The van der Waals surface area contributed by atoms with Gasteiger partial charge in [0.15, 0.2) is 0 Å². The highest BCUT2D eigenvalue weighted by atomic mass is 35.5. The summed E-state index contributed by atoms with van der Waals surface area (Å²) in [5.41, 5.74) is 0.682. The fraction of sp³-hybridized carbons (Fsp3) is 0.500. The molecule has 0 aliphatic carbocycles. The summed E-state index contributed by atoms with van der Waals surface area (Å²) in [5, 5.41) is 3.52. The molecule has 0 unspecified atom stereocenters. The number of halogens is 2. The van der Waals surface area contributed by atoms with Crippen LogP contribution >= 0.6 is 11.6 Å². The number of nitrogens with one attached hydrogen (secondary N) is 1. The monoisotopic (exact) mass is 242 g/mol. The summed E-state index contributed by atoms with van der Waals surface area (Å²) >= 11 is 5.76. The minimum absolute atomic E-state index is 0.209. The van der Waals surface area contributed by atoms with E-state index in [1.165, 1.54) is 0 Å². The van der Waals surface area contributed by atoms with Crippen molar-refractivity contribution in [3.8, 4) is 0 Å². The van der Waals surface area contributed by atoms with Crippen LogP contribution in [0.5, 0.6) is 0 Å². The Labute approximate surface area is 100 Å².